The van der Waals surface area contributed by atoms with Crippen LogP contribution in [0, 0.1) is 0 Å². The fourth-order valence-electron chi connectivity index (χ4n) is 1.86. The zero-order valence-corrected chi connectivity index (χ0v) is 10.4. The monoisotopic (exact) mass is 249 g/mol. The molecule has 0 saturated heterocycles. The summed E-state index contributed by atoms with van der Waals surface area (Å²) in [7, 11) is 0. The SMILES string of the molecule is C=Cc1ccccc1/C=C(\C(=O)[O-])c1ccccc1. The molecule has 0 fully saturated rings. The predicted octanol–water partition coefficient (Wildman–Crippen LogP) is 2.62. The van der Waals surface area contributed by atoms with Gasteiger partial charge in [-0.2, -0.15) is 0 Å². The van der Waals surface area contributed by atoms with E-state index in [1.807, 2.05) is 30.3 Å². The van der Waals surface area contributed by atoms with Crippen LogP contribution in [0.25, 0.3) is 17.7 Å². The number of hydrogen-bond acceptors (Lipinski definition) is 2. The van der Waals surface area contributed by atoms with Gasteiger partial charge in [-0.15, -0.1) is 0 Å². The Kier molecular flexibility index (Phi) is 3.94. The van der Waals surface area contributed by atoms with E-state index in [1.54, 1.807) is 36.4 Å². The molecule has 0 N–H and O–H groups in total. The van der Waals surface area contributed by atoms with Crippen molar-refractivity contribution < 1.29 is 9.90 Å². The minimum Gasteiger partial charge on any atom is -0.545 e. The third-order valence-corrected chi connectivity index (χ3v) is 2.82. The fourth-order valence-corrected chi connectivity index (χ4v) is 1.86. The summed E-state index contributed by atoms with van der Waals surface area (Å²) in [5.74, 6) is -1.19. The highest BCUT2D eigenvalue weighted by molar-refractivity contribution is 6.19. The molecule has 0 bridgehead atoms. The molecule has 2 nitrogen and oxygen atoms in total. The quantitative estimate of drug-likeness (QED) is 0.617. The van der Waals surface area contributed by atoms with Crippen LogP contribution < -0.4 is 5.11 Å². The molecule has 0 amide bonds. The molecule has 2 heteroatoms. The topological polar surface area (TPSA) is 40.1 Å². The average Bonchev–Trinajstić information content (AvgIpc) is 2.45. The Labute approximate surface area is 112 Å². The van der Waals surface area contributed by atoms with Gasteiger partial charge in [0.2, 0.25) is 0 Å². The molecule has 0 unspecified atom stereocenters. The van der Waals surface area contributed by atoms with Gasteiger partial charge in [0, 0.05) is 5.57 Å². The van der Waals surface area contributed by atoms with E-state index in [2.05, 4.69) is 6.58 Å². The highest BCUT2D eigenvalue weighted by atomic mass is 16.4. The lowest BCUT2D eigenvalue weighted by atomic mass is 10.00. The molecule has 0 aliphatic heterocycles. The summed E-state index contributed by atoms with van der Waals surface area (Å²) in [5, 5.41) is 11.3. The third kappa shape index (κ3) is 2.99. The van der Waals surface area contributed by atoms with Crippen molar-refractivity contribution in [2.24, 2.45) is 0 Å². The summed E-state index contributed by atoms with van der Waals surface area (Å²) >= 11 is 0. The van der Waals surface area contributed by atoms with Crippen LogP contribution in [0.1, 0.15) is 16.7 Å². The van der Waals surface area contributed by atoms with Gasteiger partial charge in [0.15, 0.2) is 0 Å². The number of carbonyl (C=O) groups excluding carboxylic acids is 1. The van der Waals surface area contributed by atoms with Crippen LogP contribution in [0.3, 0.4) is 0 Å². The van der Waals surface area contributed by atoms with Crippen LogP contribution in [0.4, 0.5) is 0 Å². The summed E-state index contributed by atoms with van der Waals surface area (Å²) in [6.07, 6.45) is 3.31. The predicted molar refractivity (Wildman–Crippen MR) is 75.9 cm³/mol. The van der Waals surface area contributed by atoms with E-state index < -0.39 is 5.97 Å². The first-order valence-corrected chi connectivity index (χ1v) is 5.92. The Bertz CT molecular complexity index is 625. The maximum absolute atomic E-state index is 11.3. The fraction of sp³-hybridized carbons (Fsp3) is 0. The number of carboxylic acid groups (broad SMARTS) is 1. The summed E-state index contributed by atoms with van der Waals surface area (Å²) in [5.41, 5.74) is 2.48. The van der Waals surface area contributed by atoms with Crippen molar-refractivity contribution in [3.63, 3.8) is 0 Å². The van der Waals surface area contributed by atoms with Crippen LogP contribution in [-0.4, -0.2) is 5.97 Å². The maximum Gasteiger partial charge on any atom is 0.0721 e. The average molecular weight is 249 g/mol. The van der Waals surface area contributed by atoms with Gasteiger partial charge in [0.05, 0.1) is 5.97 Å². The third-order valence-electron chi connectivity index (χ3n) is 2.82. The second-order valence-corrected chi connectivity index (χ2v) is 4.04. The highest BCUT2D eigenvalue weighted by Gasteiger charge is 2.04. The minimum absolute atomic E-state index is 0.162. The largest absolute Gasteiger partial charge is 0.545 e. The molecule has 2 aromatic carbocycles. The standard InChI is InChI=1S/C17H14O2/c1-2-13-8-6-7-11-15(13)12-16(17(18)19)14-9-4-3-5-10-14/h2-12H,1H2,(H,18,19)/p-1/b16-12-. The summed E-state index contributed by atoms with van der Waals surface area (Å²) < 4.78 is 0. The van der Waals surface area contributed by atoms with Crippen molar-refractivity contribution in [3.05, 3.63) is 77.9 Å². The van der Waals surface area contributed by atoms with Crippen molar-refractivity contribution >= 4 is 23.7 Å². The van der Waals surface area contributed by atoms with Gasteiger partial charge in [-0.25, -0.2) is 0 Å². The first-order chi connectivity index (χ1) is 9.22. The zero-order chi connectivity index (χ0) is 13.7. The number of aliphatic carboxylic acids is 1. The van der Waals surface area contributed by atoms with Crippen LogP contribution in [0.15, 0.2) is 61.2 Å². The molecular weight excluding hydrogens is 236 g/mol. The lowest BCUT2D eigenvalue weighted by Gasteiger charge is -2.10. The molecule has 0 aliphatic rings. The number of carbonyl (C=O) groups is 1. The number of benzene rings is 2. The molecule has 0 heterocycles. The number of rotatable bonds is 4. The van der Waals surface area contributed by atoms with Gasteiger partial charge in [-0.3, -0.25) is 0 Å². The molecule has 2 rings (SSSR count). The normalized spacial score (nSPS) is 11.1. The molecule has 0 saturated carbocycles. The summed E-state index contributed by atoms with van der Waals surface area (Å²) in [4.78, 5) is 11.3. The van der Waals surface area contributed by atoms with Gasteiger partial charge >= 0.3 is 0 Å². The first kappa shape index (κ1) is 12.8. The van der Waals surface area contributed by atoms with E-state index in [9.17, 15) is 9.90 Å². The zero-order valence-electron chi connectivity index (χ0n) is 10.4. The van der Waals surface area contributed by atoms with Gasteiger partial charge in [-0.05, 0) is 22.8 Å². The van der Waals surface area contributed by atoms with Crippen LogP contribution >= 0.6 is 0 Å². The maximum atomic E-state index is 11.3. The Hall–Kier alpha value is -2.61. The molecule has 0 aromatic heterocycles. The molecule has 0 aliphatic carbocycles. The van der Waals surface area contributed by atoms with E-state index in [0.717, 1.165) is 11.1 Å². The van der Waals surface area contributed by atoms with E-state index in [1.165, 1.54) is 0 Å². The molecule has 2 aromatic rings. The smallest absolute Gasteiger partial charge is 0.0721 e. The van der Waals surface area contributed by atoms with Crippen molar-refractivity contribution in [3.8, 4) is 0 Å². The second-order valence-electron chi connectivity index (χ2n) is 4.04. The Balaban J connectivity index is 2.54. The summed E-state index contributed by atoms with van der Waals surface area (Å²) in [6, 6.07) is 16.4. The lowest BCUT2D eigenvalue weighted by molar-refractivity contribution is -0.295. The van der Waals surface area contributed by atoms with Gasteiger partial charge in [0.25, 0.3) is 0 Å². The van der Waals surface area contributed by atoms with Crippen molar-refractivity contribution in [1.29, 1.82) is 0 Å². The van der Waals surface area contributed by atoms with Gasteiger partial charge in [0.1, 0.15) is 0 Å². The number of carboxylic acids is 1. The van der Waals surface area contributed by atoms with Crippen molar-refractivity contribution in [2.45, 2.75) is 0 Å². The van der Waals surface area contributed by atoms with Crippen molar-refractivity contribution in [1.82, 2.24) is 0 Å². The van der Waals surface area contributed by atoms with E-state index >= 15 is 0 Å². The van der Waals surface area contributed by atoms with Crippen LogP contribution in [0.5, 0.6) is 0 Å². The molecular formula is C17H13O2-. The van der Waals surface area contributed by atoms with E-state index in [4.69, 9.17) is 0 Å². The van der Waals surface area contributed by atoms with Crippen LogP contribution in [-0.2, 0) is 4.79 Å². The Morgan fingerprint density at radius 1 is 0.947 bits per heavy atom. The van der Waals surface area contributed by atoms with Crippen LogP contribution in [0.2, 0.25) is 0 Å². The molecule has 19 heavy (non-hydrogen) atoms. The van der Waals surface area contributed by atoms with E-state index in [-0.39, 0.29) is 5.57 Å². The van der Waals surface area contributed by atoms with Gasteiger partial charge in [-0.1, -0.05) is 67.3 Å². The van der Waals surface area contributed by atoms with Gasteiger partial charge < -0.3 is 9.90 Å². The Morgan fingerprint density at radius 2 is 1.53 bits per heavy atom. The molecule has 0 atom stereocenters. The Morgan fingerprint density at radius 3 is 2.11 bits per heavy atom. The molecule has 94 valence electrons. The lowest BCUT2D eigenvalue weighted by Crippen LogP contribution is -2.23. The molecule has 0 spiro atoms. The number of hydrogen-bond donors (Lipinski definition) is 0. The minimum atomic E-state index is -1.19. The highest BCUT2D eigenvalue weighted by Crippen LogP contribution is 2.20. The second kappa shape index (κ2) is 5.83. The summed E-state index contributed by atoms with van der Waals surface area (Å²) in [6.45, 7) is 3.72. The van der Waals surface area contributed by atoms with E-state index in [0.29, 0.717) is 5.56 Å². The molecule has 0 radical (unpaired) electrons. The van der Waals surface area contributed by atoms with Crippen molar-refractivity contribution in [2.75, 3.05) is 0 Å². The first-order valence-electron chi connectivity index (χ1n) is 5.92.